The number of rotatable bonds is 6. The first-order valence-corrected chi connectivity index (χ1v) is 8.83. The van der Waals surface area contributed by atoms with Gasteiger partial charge < -0.3 is 15.6 Å². The Bertz CT molecular complexity index is 636. The third kappa shape index (κ3) is 5.91. The lowest BCUT2D eigenvalue weighted by Gasteiger charge is -2.23. The molecule has 1 aromatic heterocycles. The molecule has 3 N–H and O–H groups in total. The maximum atomic E-state index is 4.28. The lowest BCUT2D eigenvalue weighted by Crippen LogP contribution is -2.43. The molecule has 0 fully saturated rings. The standard InChI is InChI=1S/C17H26N4S.HI/c1-17(2,22-4)12-21-16(18-3)19-10-9-13-11-20-15-8-6-5-7-14(13)15;/h5-8,11,20H,9-10,12H2,1-4H3,(H2,18,19,21);1H. The van der Waals surface area contributed by atoms with Gasteiger partial charge >= 0.3 is 0 Å². The smallest absolute Gasteiger partial charge is 0.191 e. The number of hydrogen-bond acceptors (Lipinski definition) is 2. The molecule has 0 saturated carbocycles. The van der Waals surface area contributed by atoms with E-state index in [-0.39, 0.29) is 28.7 Å². The summed E-state index contributed by atoms with van der Waals surface area (Å²) >= 11 is 1.85. The number of benzene rings is 1. The van der Waals surface area contributed by atoms with E-state index in [0.29, 0.717) is 0 Å². The normalized spacial score (nSPS) is 12.1. The first-order chi connectivity index (χ1) is 10.6. The van der Waals surface area contributed by atoms with Crippen LogP contribution in [-0.4, -0.2) is 42.1 Å². The maximum absolute atomic E-state index is 4.28. The lowest BCUT2D eigenvalue weighted by molar-refractivity contribution is 0.664. The van der Waals surface area contributed by atoms with Crippen molar-refractivity contribution in [3.8, 4) is 0 Å². The number of hydrogen-bond donors (Lipinski definition) is 3. The first-order valence-electron chi connectivity index (χ1n) is 7.60. The van der Waals surface area contributed by atoms with E-state index in [2.05, 4.69) is 71.2 Å². The minimum absolute atomic E-state index is 0. The van der Waals surface area contributed by atoms with E-state index in [9.17, 15) is 0 Å². The minimum Gasteiger partial charge on any atom is -0.361 e. The van der Waals surface area contributed by atoms with Gasteiger partial charge in [0.2, 0.25) is 0 Å². The Labute approximate surface area is 160 Å². The number of fused-ring (bicyclic) bond motifs is 1. The van der Waals surface area contributed by atoms with Gasteiger partial charge in [-0.15, -0.1) is 24.0 Å². The van der Waals surface area contributed by atoms with E-state index in [1.54, 1.807) is 0 Å². The summed E-state index contributed by atoms with van der Waals surface area (Å²) in [4.78, 5) is 7.60. The predicted molar refractivity (Wildman–Crippen MR) is 114 cm³/mol. The van der Waals surface area contributed by atoms with Gasteiger partial charge in [-0.2, -0.15) is 11.8 Å². The molecule has 2 aromatic rings. The number of nitrogens with one attached hydrogen (secondary N) is 3. The summed E-state index contributed by atoms with van der Waals surface area (Å²) in [7, 11) is 1.81. The molecular weight excluding hydrogens is 419 g/mol. The van der Waals surface area contributed by atoms with Crippen molar-refractivity contribution in [2.75, 3.05) is 26.4 Å². The van der Waals surface area contributed by atoms with Gasteiger partial charge in [0, 0.05) is 42.0 Å². The van der Waals surface area contributed by atoms with Gasteiger partial charge in [-0.05, 0) is 38.2 Å². The van der Waals surface area contributed by atoms with Crippen LogP contribution in [0.3, 0.4) is 0 Å². The van der Waals surface area contributed by atoms with Crippen LogP contribution in [0.1, 0.15) is 19.4 Å². The van der Waals surface area contributed by atoms with E-state index in [0.717, 1.165) is 25.5 Å². The van der Waals surface area contributed by atoms with Crippen molar-refractivity contribution < 1.29 is 0 Å². The van der Waals surface area contributed by atoms with Crippen LogP contribution in [0.4, 0.5) is 0 Å². The van der Waals surface area contributed by atoms with Gasteiger partial charge in [0.1, 0.15) is 0 Å². The van der Waals surface area contributed by atoms with Gasteiger partial charge in [-0.25, -0.2) is 0 Å². The summed E-state index contributed by atoms with van der Waals surface area (Å²) in [6.45, 7) is 6.20. The van der Waals surface area contributed by atoms with Crippen LogP contribution in [0.2, 0.25) is 0 Å². The van der Waals surface area contributed by atoms with Crippen molar-refractivity contribution in [1.29, 1.82) is 0 Å². The molecule has 23 heavy (non-hydrogen) atoms. The summed E-state index contributed by atoms with van der Waals surface area (Å²) in [6.07, 6.45) is 5.20. The Hall–Kier alpha value is -0.890. The van der Waals surface area contributed by atoms with Gasteiger partial charge in [0.15, 0.2) is 5.96 Å². The first kappa shape index (κ1) is 20.2. The van der Waals surface area contributed by atoms with Crippen LogP contribution in [0.5, 0.6) is 0 Å². The highest BCUT2D eigenvalue weighted by molar-refractivity contribution is 14.0. The van der Waals surface area contributed by atoms with Crippen molar-refractivity contribution in [3.05, 3.63) is 36.0 Å². The Kier molecular flexibility index (Phi) is 8.25. The number of nitrogens with zero attached hydrogens (tertiary/aromatic N) is 1. The van der Waals surface area contributed by atoms with E-state index in [1.165, 1.54) is 16.5 Å². The molecule has 128 valence electrons. The van der Waals surface area contributed by atoms with Gasteiger partial charge in [0.25, 0.3) is 0 Å². The van der Waals surface area contributed by atoms with Crippen LogP contribution in [0.15, 0.2) is 35.5 Å². The minimum atomic E-state index is 0. The van der Waals surface area contributed by atoms with Crippen LogP contribution >= 0.6 is 35.7 Å². The van der Waals surface area contributed by atoms with Crippen molar-refractivity contribution in [3.63, 3.8) is 0 Å². The highest BCUT2D eigenvalue weighted by Crippen LogP contribution is 2.19. The van der Waals surface area contributed by atoms with Crippen molar-refractivity contribution >= 4 is 52.6 Å². The second kappa shape index (κ2) is 9.42. The van der Waals surface area contributed by atoms with Crippen LogP contribution in [0, 0.1) is 0 Å². The molecule has 1 heterocycles. The van der Waals surface area contributed by atoms with Gasteiger partial charge in [-0.3, -0.25) is 4.99 Å². The molecule has 0 saturated heterocycles. The van der Waals surface area contributed by atoms with Crippen LogP contribution in [-0.2, 0) is 6.42 Å². The molecule has 0 unspecified atom stereocenters. The van der Waals surface area contributed by atoms with Crippen LogP contribution < -0.4 is 10.6 Å². The number of aromatic amines is 1. The number of H-pyrrole nitrogens is 1. The predicted octanol–water partition coefficient (Wildman–Crippen LogP) is 3.64. The number of thioether (sulfide) groups is 1. The number of guanidine groups is 1. The quantitative estimate of drug-likeness (QED) is 0.361. The number of aliphatic imine (C=N–C) groups is 1. The highest BCUT2D eigenvalue weighted by Gasteiger charge is 2.16. The Balaban J connectivity index is 0.00000264. The Morgan fingerprint density at radius 1 is 1.26 bits per heavy atom. The second-order valence-electron chi connectivity index (χ2n) is 5.93. The van der Waals surface area contributed by atoms with E-state index in [1.807, 2.05) is 18.8 Å². The molecule has 0 radical (unpaired) electrons. The van der Waals surface area contributed by atoms with Gasteiger partial charge in [0.05, 0.1) is 0 Å². The topological polar surface area (TPSA) is 52.2 Å². The van der Waals surface area contributed by atoms with Crippen molar-refractivity contribution in [2.45, 2.75) is 25.0 Å². The van der Waals surface area contributed by atoms with Gasteiger partial charge in [-0.1, -0.05) is 18.2 Å². The Morgan fingerprint density at radius 2 is 2.00 bits per heavy atom. The summed E-state index contributed by atoms with van der Waals surface area (Å²) in [6, 6.07) is 8.41. The van der Waals surface area contributed by atoms with E-state index >= 15 is 0 Å². The SMILES string of the molecule is CN=C(NCCc1c[nH]c2ccccc12)NCC(C)(C)SC.I. The fourth-order valence-electron chi connectivity index (χ4n) is 2.24. The fourth-order valence-corrected chi connectivity index (χ4v) is 2.46. The summed E-state index contributed by atoms with van der Waals surface area (Å²) in [5.41, 5.74) is 2.53. The lowest BCUT2D eigenvalue weighted by atomic mass is 10.1. The number of para-hydroxylation sites is 1. The summed E-state index contributed by atoms with van der Waals surface area (Å²) < 4.78 is 0.203. The Morgan fingerprint density at radius 3 is 2.70 bits per heavy atom. The fraction of sp³-hybridized carbons (Fsp3) is 0.471. The molecule has 0 aliphatic rings. The third-order valence-electron chi connectivity index (χ3n) is 3.82. The molecule has 1 aromatic carbocycles. The zero-order valence-electron chi connectivity index (χ0n) is 14.3. The molecule has 6 heteroatoms. The number of aromatic nitrogens is 1. The molecular formula is C17H27IN4S. The molecule has 0 spiro atoms. The maximum Gasteiger partial charge on any atom is 0.191 e. The van der Waals surface area contributed by atoms with Crippen molar-refractivity contribution in [2.24, 2.45) is 4.99 Å². The molecule has 2 rings (SSSR count). The van der Waals surface area contributed by atoms with E-state index < -0.39 is 0 Å². The molecule has 0 atom stereocenters. The molecule has 0 aliphatic heterocycles. The zero-order valence-corrected chi connectivity index (χ0v) is 17.4. The number of halogens is 1. The molecule has 0 bridgehead atoms. The second-order valence-corrected chi connectivity index (χ2v) is 7.44. The highest BCUT2D eigenvalue weighted by atomic mass is 127. The monoisotopic (exact) mass is 446 g/mol. The van der Waals surface area contributed by atoms with Crippen molar-refractivity contribution in [1.82, 2.24) is 15.6 Å². The largest absolute Gasteiger partial charge is 0.361 e. The zero-order chi connectivity index (χ0) is 16.0. The molecule has 0 aliphatic carbocycles. The summed E-state index contributed by atoms with van der Waals surface area (Å²) in [5.74, 6) is 0.863. The summed E-state index contributed by atoms with van der Waals surface area (Å²) in [5, 5.41) is 8.07. The average Bonchev–Trinajstić information content (AvgIpc) is 2.94. The average molecular weight is 446 g/mol. The third-order valence-corrected chi connectivity index (χ3v) is 5.07. The molecule has 0 amide bonds. The molecule has 4 nitrogen and oxygen atoms in total. The van der Waals surface area contributed by atoms with E-state index in [4.69, 9.17) is 0 Å². The van der Waals surface area contributed by atoms with Crippen LogP contribution in [0.25, 0.3) is 10.9 Å².